The van der Waals surface area contributed by atoms with Crippen LogP contribution in [0.4, 0.5) is 0 Å². The molecule has 0 spiro atoms. The Bertz CT molecular complexity index is 767. The molecule has 0 saturated heterocycles. The fourth-order valence-electron chi connectivity index (χ4n) is 2.02. The standard InChI is InChI=1S/C19H19N3O3/c1-2-24-18-12-16(13-21-22-19(23)10-11-20)8-9-17(18)25-14-15-6-4-3-5-7-15/h3-9,12-13H,2,10,14H2,1H3,(H,22,23)/b21-13+. The molecule has 0 radical (unpaired) electrons. The summed E-state index contributed by atoms with van der Waals surface area (Å²) in [5.41, 5.74) is 4.09. The zero-order valence-corrected chi connectivity index (χ0v) is 13.9. The SMILES string of the molecule is CCOc1cc(/C=N/NC(=O)CC#N)ccc1OCc1ccccc1. The van der Waals surface area contributed by atoms with Gasteiger partial charge in [-0.3, -0.25) is 4.79 Å². The van der Waals surface area contributed by atoms with Crippen molar-refractivity contribution in [1.82, 2.24) is 5.43 Å². The van der Waals surface area contributed by atoms with E-state index in [9.17, 15) is 4.79 Å². The van der Waals surface area contributed by atoms with E-state index in [1.54, 1.807) is 18.2 Å². The van der Waals surface area contributed by atoms with E-state index in [-0.39, 0.29) is 6.42 Å². The summed E-state index contributed by atoms with van der Waals surface area (Å²) in [6.45, 7) is 2.84. The zero-order valence-electron chi connectivity index (χ0n) is 13.9. The number of ether oxygens (including phenoxy) is 2. The van der Waals surface area contributed by atoms with E-state index in [0.717, 1.165) is 11.1 Å². The van der Waals surface area contributed by atoms with Crippen LogP contribution in [0.5, 0.6) is 11.5 Å². The third-order valence-electron chi connectivity index (χ3n) is 3.15. The lowest BCUT2D eigenvalue weighted by Crippen LogP contribution is -2.16. The number of hydrogen-bond donors (Lipinski definition) is 1. The highest BCUT2D eigenvalue weighted by Crippen LogP contribution is 2.28. The number of amides is 1. The topological polar surface area (TPSA) is 83.7 Å². The van der Waals surface area contributed by atoms with Gasteiger partial charge in [0, 0.05) is 0 Å². The van der Waals surface area contributed by atoms with Crippen LogP contribution >= 0.6 is 0 Å². The maximum absolute atomic E-state index is 11.2. The predicted octanol–water partition coefficient (Wildman–Crippen LogP) is 3.03. The van der Waals surface area contributed by atoms with Crippen molar-refractivity contribution < 1.29 is 14.3 Å². The molecule has 1 amide bonds. The van der Waals surface area contributed by atoms with Crippen molar-refractivity contribution in [3.63, 3.8) is 0 Å². The molecule has 128 valence electrons. The van der Waals surface area contributed by atoms with Crippen molar-refractivity contribution >= 4 is 12.1 Å². The summed E-state index contributed by atoms with van der Waals surface area (Å²) in [7, 11) is 0. The summed E-state index contributed by atoms with van der Waals surface area (Å²) in [5.74, 6) is 0.786. The van der Waals surface area contributed by atoms with Gasteiger partial charge in [-0.15, -0.1) is 0 Å². The molecular formula is C19H19N3O3. The Morgan fingerprint density at radius 3 is 2.72 bits per heavy atom. The minimum absolute atomic E-state index is 0.228. The molecule has 0 aromatic heterocycles. The summed E-state index contributed by atoms with van der Waals surface area (Å²) < 4.78 is 11.4. The maximum atomic E-state index is 11.2. The van der Waals surface area contributed by atoms with Crippen molar-refractivity contribution in [2.45, 2.75) is 20.0 Å². The Labute approximate surface area is 146 Å². The van der Waals surface area contributed by atoms with E-state index in [1.807, 2.05) is 43.3 Å². The highest BCUT2D eigenvalue weighted by atomic mass is 16.5. The molecule has 0 bridgehead atoms. The second kappa shape index (κ2) is 9.73. The third-order valence-corrected chi connectivity index (χ3v) is 3.15. The number of carbonyl (C=O) groups is 1. The van der Waals surface area contributed by atoms with Gasteiger partial charge < -0.3 is 9.47 Å². The van der Waals surface area contributed by atoms with Gasteiger partial charge in [0.25, 0.3) is 5.91 Å². The Kier molecular flexibility index (Phi) is 7.01. The van der Waals surface area contributed by atoms with Gasteiger partial charge in [-0.05, 0) is 36.2 Å². The molecule has 0 aliphatic heterocycles. The van der Waals surface area contributed by atoms with Crippen LogP contribution < -0.4 is 14.9 Å². The van der Waals surface area contributed by atoms with Gasteiger partial charge in [-0.25, -0.2) is 5.43 Å². The molecule has 0 atom stereocenters. The first-order valence-electron chi connectivity index (χ1n) is 7.85. The average Bonchev–Trinajstić information content (AvgIpc) is 2.62. The second-order valence-corrected chi connectivity index (χ2v) is 5.04. The van der Waals surface area contributed by atoms with E-state index >= 15 is 0 Å². The minimum Gasteiger partial charge on any atom is -0.490 e. The van der Waals surface area contributed by atoms with Crippen molar-refractivity contribution in [3.05, 3.63) is 59.7 Å². The van der Waals surface area contributed by atoms with Gasteiger partial charge in [-0.2, -0.15) is 10.4 Å². The summed E-state index contributed by atoms with van der Waals surface area (Å²) in [4.78, 5) is 11.2. The van der Waals surface area contributed by atoms with Crippen LogP contribution in [0.1, 0.15) is 24.5 Å². The van der Waals surface area contributed by atoms with E-state index in [0.29, 0.717) is 24.7 Å². The average molecular weight is 337 g/mol. The first-order chi connectivity index (χ1) is 12.2. The van der Waals surface area contributed by atoms with Crippen molar-refractivity contribution in [2.24, 2.45) is 5.10 Å². The first-order valence-corrected chi connectivity index (χ1v) is 7.85. The van der Waals surface area contributed by atoms with Crippen LogP contribution in [0.15, 0.2) is 53.6 Å². The highest BCUT2D eigenvalue weighted by molar-refractivity contribution is 5.83. The first kappa shape index (κ1) is 18.0. The Hall–Kier alpha value is -3.33. The van der Waals surface area contributed by atoms with Crippen molar-refractivity contribution in [1.29, 1.82) is 5.26 Å². The number of nitrogens with one attached hydrogen (secondary N) is 1. The normalized spacial score (nSPS) is 10.2. The second-order valence-electron chi connectivity index (χ2n) is 5.04. The molecule has 2 aromatic rings. The third kappa shape index (κ3) is 5.99. The molecule has 6 nitrogen and oxygen atoms in total. The number of hydrazone groups is 1. The van der Waals surface area contributed by atoms with E-state index < -0.39 is 5.91 Å². The minimum atomic E-state index is -0.452. The lowest BCUT2D eigenvalue weighted by Gasteiger charge is -2.12. The largest absolute Gasteiger partial charge is 0.490 e. The van der Waals surface area contributed by atoms with Gasteiger partial charge in [0.2, 0.25) is 0 Å². The quantitative estimate of drug-likeness (QED) is 0.593. The zero-order chi connectivity index (χ0) is 17.9. The number of hydrogen-bond acceptors (Lipinski definition) is 5. The van der Waals surface area contributed by atoms with Gasteiger partial charge in [0.05, 0.1) is 18.9 Å². The van der Waals surface area contributed by atoms with Crippen molar-refractivity contribution in [3.8, 4) is 17.6 Å². The Morgan fingerprint density at radius 1 is 1.20 bits per heavy atom. The smallest absolute Gasteiger partial charge is 0.254 e. The summed E-state index contributed by atoms with van der Waals surface area (Å²) >= 11 is 0. The molecule has 0 aliphatic rings. The predicted molar refractivity (Wildman–Crippen MR) is 94.4 cm³/mol. The van der Waals surface area contributed by atoms with Crippen LogP contribution in [-0.2, 0) is 11.4 Å². The van der Waals surface area contributed by atoms with Crippen LogP contribution in [0.25, 0.3) is 0 Å². The lowest BCUT2D eigenvalue weighted by atomic mass is 10.2. The van der Waals surface area contributed by atoms with Crippen molar-refractivity contribution in [2.75, 3.05) is 6.61 Å². The van der Waals surface area contributed by atoms with Crippen LogP contribution in [0, 0.1) is 11.3 Å². The molecule has 0 fully saturated rings. The molecule has 25 heavy (non-hydrogen) atoms. The molecule has 1 N–H and O–H groups in total. The molecule has 0 saturated carbocycles. The Balaban J connectivity index is 2.04. The van der Waals surface area contributed by atoms with Gasteiger partial charge in [0.15, 0.2) is 11.5 Å². The fourth-order valence-corrected chi connectivity index (χ4v) is 2.02. The van der Waals surface area contributed by atoms with Gasteiger partial charge in [0.1, 0.15) is 13.0 Å². The van der Waals surface area contributed by atoms with Crippen LogP contribution in [0.2, 0.25) is 0 Å². The summed E-state index contributed by atoms with van der Waals surface area (Å²) in [6.07, 6.45) is 1.26. The molecule has 6 heteroatoms. The molecule has 0 unspecified atom stereocenters. The molecule has 0 heterocycles. The van der Waals surface area contributed by atoms with E-state index in [1.165, 1.54) is 6.21 Å². The number of carbonyl (C=O) groups excluding carboxylic acids is 1. The van der Waals surface area contributed by atoms with E-state index in [4.69, 9.17) is 14.7 Å². The summed E-state index contributed by atoms with van der Waals surface area (Å²) in [6, 6.07) is 17.0. The van der Waals surface area contributed by atoms with E-state index in [2.05, 4.69) is 10.5 Å². The monoisotopic (exact) mass is 337 g/mol. The van der Waals surface area contributed by atoms with Gasteiger partial charge >= 0.3 is 0 Å². The highest BCUT2D eigenvalue weighted by Gasteiger charge is 2.06. The lowest BCUT2D eigenvalue weighted by molar-refractivity contribution is -0.120. The maximum Gasteiger partial charge on any atom is 0.254 e. The van der Waals surface area contributed by atoms with Gasteiger partial charge in [-0.1, -0.05) is 30.3 Å². The number of rotatable bonds is 8. The van der Waals surface area contributed by atoms with Crippen LogP contribution in [-0.4, -0.2) is 18.7 Å². The molecule has 2 rings (SSSR count). The number of nitriles is 1. The number of benzene rings is 2. The molecule has 0 aliphatic carbocycles. The fraction of sp³-hybridized carbons (Fsp3) is 0.211. The molecule has 2 aromatic carbocycles. The van der Waals surface area contributed by atoms with Crippen LogP contribution in [0.3, 0.4) is 0 Å². The number of nitrogens with zero attached hydrogens (tertiary/aromatic N) is 2. The molecular weight excluding hydrogens is 318 g/mol. The Morgan fingerprint density at radius 2 is 2.00 bits per heavy atom. The summed E-state index contributed by atoms with van der Waals surface area (Å²) in [5, 5.41) is 12.2.